The number of amides is 1. The molecule has 26 heavy (non-hydrogen) atoms. The molecule has 5 nitrogen and oxygen atoms in total. The average molecular weight is 359 g/mol. The minimum Gasteiger partial charge on any atom is -0.468 e. The Balaban J connectivity index is 2.00. The Labute approximate surface area is 152 Å². The number of hydrogen-bond donors (Lipinski definition) is 0. The van der Waals surface area contributed by atoms with Crippen LogP contribution in [0, 0.1) is 18.2 Å². The summed E-state index contributed by atoms with van der Waals surface area (Å²) >= 11 is 0. The molecule has 138 valence electrons. The van der Waals surface area contributed by atoms with Crippen molar-refractivity contribution in [3.8, 4) is 18.1 Å². The molecule has 0 spiro atoms. The number of halogens is 1. The molecule has 0 radical (unpaired) electrons. The van der Waals surface area contributed by atoms with Gasteiger partial charge in [0.05, 0.1) is 12.2 Å². The fraction of sp³-hybridized carbons (Fsp3) is 0.350. The van der Waals surface area contributed by atoms with Gasteiger partial charge < -0.3 is 19.1 Å². The number of rotatable bonds is 7. The smallest absolute Gasteiger partial charge is 0.409 e. The molecule has 0 unspecified atom stereocenters. The Bertz CT molecular complexity index is 827. The van der Waals surface area contributed by atoms with Gasteiger partial charge in [-0.2, -0.15) is 0 Å². The van der Waals surface area contributed by atoms with E-state index in [0.29, 0.717) is 12.2 Å². The number of carbonyl (C=O) groups is 1. The van der Waals surface area contributed by atoms with Crippen molar-refractivity contribution in [1.29, 1.82) is 0 Å². The minimum absolute atomic E-state index is 0.0113. The molecule has 0 bridgehead atoms. The summed E-state index contributed by atoms with van der Waals surface area (Å²) in [4.78, 5) is 12.6. The van der Waals surface area contributed by atoms with Gasteiger partial charge in [-0.1, -0.05) is 18.9 Å². The van der Waals surface area contributed by atoms with Crippen LogP contribution in [0.1, 0.15) is 18.1 Å². The van der Waals surface area contributed by atoms with Crippen molar-refractivity contribution in [1.82, 2.24) is 4.90 Å². The van der Waals surface area contributed by atoms with E-state index in [9.17, 15) is 9.18 Å². The van der Waals surface area contributed by atoms with Crippen LogP contribution in [-0.2, 0) is 15.9 Å². The molecule has 0 heterocycles. The Kier molecular flexibility index (Phi) is 6.81. The van der Waals surface area contributed by atoms with E-state index < -0.39 is 11.9 Å². The van der Waals surface area contributed by atoms with Crippen molar-refractivity contribution in [2.24, 2.45) is 0 Å². The summed E-state index contributed by atoms with van der Waals surface area (Å²) in [7, 11) is 3.21. The van der Waals surface area contributed by atoms with Gasteiger partial charge in [-0.3, -0.25) is 0 Å². The van der Waals surface area contributed by atoms with Gasteiger partial charge in [0.25, 0.3) is 0 Å². The van der Waals surface area contributed by atoms with Crippen LogP contribution in [0.25, 0.3) is 10.8 Å². The third-order valence-corrected chi connectivity index (χ3v) is 3.77. The second-order valence-electron chi connectivity index (χ2n) is 5.78. The molecule has 6 heteroatoms. The third-order valence-electron chi connectivity index (χ3n) is 3.77. The van der Waals surface area contributed by atoms with E-state index in [1.807, 2.05) is 13.0 Å². The predicted molar refractivity (Wildman–Crippen MR) is 97.7 cm³/mol. The Morgan fingerprint density at radius 1 is 1.27 bits per heavy atom. The Hall–Kier alpha value is -2.78. The second kappa shape index (κ2) is 9.07. The van der Waals surface area contributed by atoms with Crippen molar-refractivity contribution < 1.29 is 23.4 Å². The quantitative estimate of drug-likeness (QED) is 0.431. The highest BCUT2D eigenvalue weighted by Crippen LogP contribution is 2.30. The summed E-state index contributed by atoms with van der Waals surface area (Å²) in [5.74, 6) is 2.63. The van der Waals surface area contributed by atoms with Crippen LogP contribution < -0.4 is 4.74 Å². The maximum Gasteiger partial charge on any atom is 0.409 e. The highest BCUT2D eigenvalue weighted by molar-refractivity contribution is 5.92. The molecule has 0 aliphatic rings. The maximum absolute atomic E-state index is 13.9. The van der Waals surface area contributed by atoms with Gasteiger partial charge in [-0.25, -0.2) is 9.18 Å². The Morgan fingerprint density at radius 2 is 2.04 bits per heavy atom. The molecule has 0 fully saturated rings. The molecule has 0 saturated carbocycles. The van der Waals surface area contributed by atoms with Crippen molar-refractivity contribution in [2.75, 3.05) is 34.1 Å². The van der Waals surface area contributed by atoms with Gasteiger partial charge in [-0.15, -0.1) is 6.42 Å². The molecule has 2 aromatic rings. The summed E-state index contributed by atoms with van der Waals surface area (Å²) in [6.45, 7) is 2.35. The van der Waals surface area contributed by atoms with Crippen molar-refractivity contribution in [3.63, 3.8) is 0 Å². The normalized spacial score (nSPS) is 10.4. The molecule has 0 aromatic heterocycles. The average Bonchev–Trinajstić information content (AvgIpc) is 2.63. The van der Waals surface area contributed by atoms with Gasteiger partial charge in [-0.05, 0) is 35.6 Å². The van der Waals surface area contributed by atoms with Gasteiger partial charge in [0.1, 0.15) is 18.2 Å². The second-order valence-corrected chi connectivity index (χ2v) is 5.78. The van der Waals surface area contributed by atoms with Gasteiger partial charge in [0.15, 0.2) is 6.79 Å². The lowest BCUT2D eigenvalue weighted by Crippen LogP contribution is -2.24. The summed E-state index contributed by atoms with van der Waals surface area (Å²) in [5, 5.41) is 1.55. The standard InChI is InChI=1S/C20H22FNO4/c1-5-14-11-16(26-13-24-9-10-25-20(23)22(3)4)12-15-7-8-18(21)17(6-2)19(14)15/h2,7-8,11-12H,5,9-10,13H2,1,3-4H3. The van der Waals surface area contributed by atoms with Crippen LogP contribution in [0.3, 0.4) is 0 Å². The molecule has 0 saturated heterocycles. The monoisotopic (exact) mass is 359 g/mol. The van der Waals surface area contributed by atoms with E-state index in [-0.39, 0.29) is 25.6 Å². The van der Waals surface area contributed by atoms with Gasteiger partial charge in [0.2, 0.25) is 0 Å². The molecule has 0 aliphatic carbocycles. The molecule has 0 aliphatic heterocycles. The fourth-order valence-corrected chi connectivity index (χ4v) is 2.49. The molecule has 1 amide bonds. The third kappa shape index (κ3) is 4.64. The lowest BCUT2D eigenvalue weighted by molar-refractivity contribution is -0.00736. The largest absolute Gasteiger partial charge is 0.468 e. The number of terminal acetylenes is 1. The first kappa shape index (κ1) is 19.5. The number of nitrogens with zero attached hydrogens (tertiary/aromatic N) is 1. The van der Waals surface area contributed by atoms with Crippen molar-refractivity contribution >= 4 is 16.9 Å². The van der Waals surface area contributed by atoms with Gasteiger partial charge >= 0.3 is 6.09 Å². The zero-order valence-corrected chi connectivity index (χ0v) is 15.2. The van der Waals surface area contributed by atoms with Gasteiger partial charge in [0, 0.05) is 19.5 Å². The zero-order chi connectivity index (χ0) is 19.1. The zero-order valence-electron chi connectivity index (χ0n) is 15.2. The summed E-state index contributed by atoms with van der Waals surface area (Å²) in [5.41, 5.74) is 1.18. The van der Waals surface area contributed by atoms with Crippen molar-refractivity contribution in [2.45, 2.75) is 13.3 Å². The number of ether oxygens (including phenoxy) is 3. The van der Waals surface area contributed by atoms with Crippen molar-refractivity contribution in [3.05, 3.63) is 41.2 Å². The number of benzene rings is 2. The van der Waals surface area contributed by atoms with E-state index in [1.165, 1.54) is 11.0 Å². The Morgan fingerprint density at radius 3 is 2.69 bits per heavy atom. The molecule has 0 atom stereocenters. The van der Waals surface area contributed by atoms with E-state index in [4.69, 9.17) is 20.6 Å². The number of hydrogen-bond acceptors (Lipinski definition) is 4. The van der Waals surface area contributed by atoms with Crippen LogP contribution >= 0.6 is 0 Å². The molecule has 2 aromatic carbocycles. The highest BCUT2D eigenvalue weighted by Gasteiger charge is 2.11. The molecule has 2 rings (SSSR count). The lowest BCUT2D eigenvalue weighted by Gasteiger charge is -2.13. The minimum atomic E-state index is -0.423. The predicted octanol–water partition coefficient (Wildman–Crippen LogP) is 3.57. The first-order chi connectivity index (χ1) is 12.5. The molecular formula is C20H22FNO4. The lowest BCUT2D eigenvalue weighted by atomic mass is 9.97. The first-order valence-electron chi connectivity index (χ1n) is 8.24. The fourth-order valence-electron chi connectivity index (χ4n) is 2.49. The van der Waals surface area contributed by atoms with E-state index in [2.05, 4.69) is 5.92 Å². The molecule has 0 N–H and O–H groups in total. The number of fused-ring (bicyclic) bond motifs is 1. The first-order valence-corrected chi connectivity index (χ1v) is 8.24. The highest BCUT2D eigenvalue weighted by atomic mass is 19.1. The van der Waals surface area contributed by atoms with Crippen LogP contribution in [0.2, 0.25) is 0 Å². The summed E-state index contributed by atoms with van der Waals surface area (Å²) < 4.78 is 29.8. The van der Waals surface area contributed by atoms with Crippen LogP contribution in [0.15, 0.2) is 24.3 Å². The molecular weight excluding hydrogens is 337 g/mol. The summed E-state index contributed by atoms with van der Waals surface area (Å²) in [6.07, 6.45) is 5.73. The van der Waals surface area contributed by atoms with Crippen LogP contribution in [-0.4, -0.2) is 45.1 Å². The van der Waals surface area contributed by atoms with E-state index >= 15 is 0 Å². The topological polar surface area (TPSA) is 48.0 Å². The maximum atomic E-state index is 13.9. The van der Waals surface area contributed by atoms with Crippen LogP contribution in [0.5, 0.6) is 5.75 Å². The number of aryl methyl sites for hydroxylation is 1. The summed E-state index contributed by atoms with van der Waals surface area (Å²) in [6, 6.07) is 6.66. The van der Waals surface area contributed by atoms with E-state index in [0.717, 1.165) is 16.3 Å². The SMILES string of the molecule is C#Cc1c(F)ccc2cc(OCOCCOC(=O)N(C)C)cc(CC)c12. The van der Waals surface area contributed by atoms with E-state index in [1.54, 1.807) is 26.2 Å². The number of carbonyl (C=O) groups excluding carboxylic acids is 1. The van der Waals surface area contributed by atoms with Crippen LogP contribution in [0.4, 0.5) is 9.18 Å².